The smallest absolute Gasteiger partial charge is 0.275 e. The van der Waals surface area contributed by atoms with E-state index in [4.69, 9.17) is 5.26 Å². The van der Waals surface area contributed by atoms with Gasteiger partial charge < -0.3 is 5.32 Å². The van der Waals surface area contributed by atoms with Gasteiger partial charge in [-0.15, -0.1) is 0 Å². The van der Waals surface area contributed by atoms with Crippen LogP contribution in [-0.2, 0) is 0 Å². The highest BCUT2D eigenvalue weighted by atomic mass is 79.9. The van der Waals surface area contributed by atoms with E-state index in [-0.39, 0.29) is 5.69 Å². The topological polar surface area (TPSA) is 91.6 Å². The lowest BCUT2D eigenvalue weighted by molar-refractivity contribution is 0.102. The van der Waals surface area contributed by atoms with Crippen molar-refractivity contribution in [1.82, 2.24) is 15.0 Å². The van der Waals surface area contributed by atoms with Gasteiger partial charge in [0.25, 0.3) is 5.91 Å². The number of carbonyl (C=O) groups is 1. The SMILES string of the molecule is N#Cc1ccc(C(=O)Nc2cnc(Br)cn2)nc1. The molecule has 1 amide bonds. The molecule has 0 aliphatic rings. The zero-order valence-electron chi connectivity index (χ0n) is 8.96. The summed E-state index contributed by atoms with van der Waals surface area (Å²) in [6, 6.07) is 4.92. The lowest BCUT2D eigenvalue weighted by Gasteiger charge is -2.02. The van der Waals surface area contributed by atoms with E-state index >= 15 is 0 Å². The minimum Gasteiger partial charge on any atom is -0.304 e. The number of halogens is 1. The van der Waals surface area contributed by atoms with Crippen LogP contribution in [0.3, 0.4) is 0 Å². The molecule has 0 atom stereocenters. The van der Waals surface area contributed by atoms with Crippen LogP contribution >= 0.6 is 15.9 Å². The summed E-state index contributed by atoms with van der Waals surface area (Å²) in [6.45, 7) is 0. The minimum atomic E-state index is -0.406. The van der Waals surface area contributed by atoms with E-state index in [1.165, 1.54) is 30.7 Å². The summed E-state index contributed by atoms with van der Waals surface area (Å²) in [6.07, 6.45) is 4.23. The first kappa shape index (κ1) is 12.1. The Balaban J connectivity index is 2.12. The maximum Gasteiger partial charge on any atom is 0.275 e. The molecule has 2 aromatic rings. The van der Waals surface area contributed by atoms with Crippen LogP contribution in [0.1, 0.15) is 16.1 Å². The van der Waals surface area contributed by atoms with Crippen molar-refractivity contribution in [2.45, 2.75) is 0 Å². The molecule has 7 heteroatoms. The van der Waals surface area contributed by atoms with Gasteiger partial charge in [0, 0.05) is 6.20 Å². The second-order valence-electron chi connectivity index (χ2n) is 3.22. The molecule has 88 valence electrons. The van der Waals surface area contributed by atoms with Gasteiger partial charge in [0.1, 0.15) is 16.4 Å². The Kier molecular flexibility index (Phi) is 3.60. The molecular weight excluding hydrogens is 298 g/mol. The van der Waals surface area contributed by atoms with Gasteiger partial charge >= 0.3 is 0 Å². The molecule has 2 aromatic heterocycles. The van der Waals surface area contributed by atoms with E-state index in [1.807, 2.05) is 6.07 Å². The number of amides is 1. The molecule has 0 aliphatic carbocycles. The first-order valence-electron chi connectivity index (χ1n) is 4.84. The number of nitrogens with one attached hydrogen (secondary N) is 1. The van der Waals surface area contributed by atoms with E-state index in [9.17, 15) is 4.79 Å². The molecule has 0 spiro atoms. The number of pyridine rings is 1. The van der Waals surface area contributed by atoms with Crippen LogP contribution in [-0.4, -0.2) is 20.9 Å². The molecule has 0 saturated carbocycles. The van der Waals surface area contributed by atoms with Crippen LogP contribution in [0.2, 0.25) is 0 Å². The van der Waals surface area contributed by atoms with Crippen molar-refractivity contribution in [3.63, 3.8) is 0 Å². The Bertz CT molecular complexity index is 603. The van der Waals surface area contributed by atoms with Crippen molar-refractivity contribution in [3.8, 4) is 6.07 Å². The Morgan fingerprint density at radius 1 is 1.22 bits per heavy atom. The molecule has 0 aliphatic heterocycles. The third-order valence-corrected chi connectivity index (χ3v) is 2.40. The molecule has 2 rings (SSSR count). The standard InChI is InChI=1S/C11H6BrN5O/c12-9-5-16-10(6-15-9)17-11(18)8-2-1-7(3-13)4-14-8/h1-2,4-6H,(H,16,17,18). The van der Waals surface area contributed by atoms with Gasteiger partial charge in [0.2, 0.25) is 0 Å². The predicted octanol–water partition coefficient (Wildman–Crippen LogP) is 1.76. The van der Waals surface area contributed by atoms with Crippen molar-refractivity contribution < 1.29 is 4.79 Å². The molecule has 6 nitrogen and oxygen atoms in total. The zero-order valence-corrected chi connectivity index (χ0v) is 10.5. The maximum atomic E-state index is 11.8. The molecule has 2 heterocycles. The van der Waals surface area contributed by atoms with Crippen LogP contribution in [0.25, 0.3) is 0 Å². The fraction of sp³-hybridized carbons (Fsp3) is 0. The van der Waals surface area contributed by atoms with E-state index in [0.717, 1.165) is 0 Å². The summed E-state index contributed by atoms with van der Waals surface area (Å²) in [7, 11) is 0. The number of carbonyl (C=O) groups excluding carboxylic acids is 1. The van der Waals surface area contributed by atoms with Gasteiger partial charge in [-0.1, -0.05) is 0 Å². The maximum absolute atomic E-state index is 11.8. The van der Waals surface area contributed by atoms with E-state index < -0.39 is 5.91 Å². The molecule has 0 unspecified atom stereocenters. The molecule has 0 bridgehead atoms. The van der Waals surface area contributed by atoms with Crippen molar-refractivity contribution >= 4 is 27.7 Å². The normalized spacial score (nSPS) is 9.56. The fourth-order valence-electron chi connectivity index (χ4n) is 1.15. The molecule has 0 radical (unpaired) electrons. The van der Waals surface area contributed by atoms with Crippen molar-refractivity contribution in [3.05, 3.63) is 46.6 Å². The number of hydrogen-bond acceptors (Lipinski definition) is 5. The number of nitriles is 1. The van der Waals surface area contributed by atoms with Gasteiger partial charge in [0.05, 0.1) is 18.0 Å². The van der Waals surface area contributed by atoms with E-state index in [0.29, 0.717) is 16.0 Å². The van der Waals surface area contributed by atoms with Crippen LogP contribution in [0.4, 0.5) is 5.82 Å². The summed E-state index contributed by atoms with van der Waals surface area (Å²) in [4.78, 5) is 23.5. The zero-order chi connectivity index (χ0) is 13.0. The predicted molar refractivity (Wildman–Crippen MR) is 66.6 cm³/mol. The van der Waals surface area contributed by atoms with Gasteiger partial charge in [-0.05, 0) is 28.1 Å². The highest BCUT2D eigenvalue weighted by Gasteiger charge is 2.08. The van der Waals surface area contributed by atoms with Crippen LogP contribution < -0.4 is 5.32 Å². The Labute approximate surface area is 111 Å². The van der Waals surface area contributed by atoms with Crippen LogP contribution in [0.5, 0.6) is 0 Å². The first-order valence-corrected chi connectivity index (χ1v) is 5.63. The Hall–Kier alpha value is -2.33. The highest BCUT2D eigenvalue weighted by molar-refractivity contribution is 9.10. The third kappa shape index (κ3) is 2.87. The number of anilines is 1. The van der Waals surface area contributed by atoms with E-state index in [1.54, 1.807) is 0 Å². The lowest BCUT2D eigenvalue weighted by Crippen LogP contribution is -2.14. The van der Waals surface area contributed by atoms with Gasteiger partial charge in [-0.25, -0.2) is 15.0 Å². The second kappa shape index (κ2) is 5.33. The molecule has 0 saturated heterocycles. The van der Waals surface area contributed by atoms with Crippen molar-refractivity contribution in [2.24, 2.45) is 0 Å². The average Bonchev–Trinajstić information content (AvgIpc) is 2.41. The molecular formula is C11H6BrN5O. The van der Waals surface area contributed by atoms with Crippen LogP contribution in [0, 0.1) is 11.3 Å². The summed E-state index contributed by atoms with van der Waals surface area (Å²) in [5, 5.41) is 11.2. The average molecular weight is 304 g/mol. The summed E-state index contributed by atoms with van der Waals surface area (Å²) in [5.41, 5.74) is 0.605. The van der Waals surface area contributed by atoms with Crippen molar-refractivity contribution in [1.29, 1.82) is 5.26 Å². The van der Waals surface area contributed by atoms with Crippen LogP contribution in [0.15, 0.2) is 35.3 Å². The monoisotopic (exact) mass is 303 g/mol. The number of rotatable bonds is 2. The van der Waals surface area contributed by atoms with Gasteiger partial charge in [-0.3, -0.25) is 4.79 Å². The molecule has 0 aromatic carbocycles. The minimum absolute atomic E-state index is 0.207. The van der Waals surface area contributed by atoms with Crippen molar-refractivity contribution in [2.75, 3.05) is 5.32 Å². The quantitative estimate of drug-likeness (QED) is 0.912. The first-order chi connectivity index (χ1) is 8.69. The third-order valence-electron chi connectivity index (χ3n) is 1.99. The highest BCUT2D eigenvalue weighted by Crippen LogP contribution is 2.07. The summed E-state index contributed by atoms with van der Waals surface area (Å²) < 4.78 is 0.581. The molecule has 1 N–H and O–H groups in total. The second-order valence-corrected chi connectivity index (χ2v) is 4.03. The number of aromatic nitrogens is 3. The fourth-order valence-corrected chi connectivity index (χ4v) is 1.36. The van der Waals surface area contributed by atoms with Gasteiger partial charge in [0.15, 0.2) is 5.82 Å². The Morgan fingerprint density at radius 2 is 2.06 bits per heavy atom. The Morgan fingerprint density at radius 3 is 2.61 bits per heavy atom. The summed E-state index contributed by atoms with van der Waals surface area (Å²) >= 11 is 3.14. The lowest BCUT2D eigenvalue weighted by atomic mass is 10.2. The molecule has 18 heavy (non-hydrogen) atoms. The van der Waals surface area contributed by atoms with Gasteiger partial charge in [-0.2, -0.15) is 5.26 Å². The number of nitrogens with zero attached hydrogens (tertiary/aromatic N) is 4. The number of hydrogen-bond donors (Lipinski definition) is 1. The summed E-state index contributed by atoms with van der Waals surface area (Å²) in [5.74, 6) is -0.0783. The molecule has 0 fully saturated rings. The largest absolute Gasteiger partial charge is 0.304 e. The van der Waals surface area contributed by atoms with E-state index in [2.05, 4.69) is 36.2 Å².